The van der Waals surface area contributed by atoms with Gasteiger partial charge in [-0.2, -0.15) is 9.78 Å². The van der Waals surface area contributed by atoms with Crippen LogP contribution >= 0.6 is 11.8 Å². The van der Waals surface area contributed by atoms with Gasteiger partial charge in [0.1, 0.15) is 11.6 Å². The van der Waals surface area contributed by atoms with Crippen molar-refractivity contribution in [1.82, 2.24) is 19.7 Å². The molecule has 1 saturated heterocycles. The van der Waals surface area contributed by atoms with Crippen LogP contribution in [-0.4, -0.2) is 77.8 Å². The lowest BCUT2D eigenvalue weighted by Crippen LogP contribution is -2.44. The molecule has 10 nitrogen and oxygen atoms in total. The van der Waals surface area contributed by atoms with Gasteiger partial charge in [0.05, 0.1) is 39.9 Å². The Morgan fingerprint density at radius 1 is 1.15 bits per heavy atom. The number of likely N-dealkylation sites (tertiary alicyclic amines) is 1. The van der Waals surface area contributed by atoms with Crippen molar-refractivity contribution in [3.05, 3.63) is 24.0 Å². The lowest BCUT2D eigenvalue weighted by atomic mass is 9.92. The molecule has 0 spiro atoms. The van der Waals surface area contributed by atoms with Crippen LogP contribution in [0.4, 0.5) is 0 Å². The molecule has 0 amide bonds. The number of thioether (sulfide) groups is 1. The summed E-state index contributed by atoms with van der Waals surface area (Å²) in [6.07, 6.45) is 2.71. The van der Waals surface area contributed by atoms with E-state index in [9.17, 15) is 9.59 Å². The predicted octanol–water partition coefficient (Wildman–Crippen LogP) is 2.43. The van der Waals surface area contributed by atoms with Crippen LogP contribution in [0, 0.1) is 5.92 Å². The summed E-state index contributed by atoms with van der Waals surface area (Å²) in [4.78, 5) is 31.9. The molecule has 0 saturated carbocycles. The van der Waals surface area contributed by atoms with E-state index in [1.807, 2.05) is 19.1 Å². The summed E-state index contributed by atoms with van der Waals surface area (Å²) >= 11 is 1.39. The van der Waals surface area contributed by atoms with Gasteiger partial charge >= 0.3 is 5.97 Å². The Labute approximate surface area is 196 Å². The van der Waals surface area contributed by atoms with E-state index in [1.165, 1.54) is 22.8 Å². The van der Waals surface area contributed by atoms with E-state index < -0.39 is 5.25 Å². The minimum absolute atomic E-state index is 0.126. The maximum atomic E-state index is 13.3. The summed E-state index contributed by atoms with van der Waals surface area (Å²) in [6, 6.07) is 3.46. The van der Waals surface area contributed by atoms with Gasteiger partial charge in [0.15, 0.2) is 16.7 Å². The normalized spacial score (nSPS) is 19.8. The van der Waals surface area contributed by atoms with Crippen LogP contribution < -0.4 is 14.2 Å². The van der Waals surface area contributed by atoms with Gasteiger partial charge in [-0.15, -0.1) is 0 Å². The van der Waals surface area contributed by atoms with Gasteiger partial charge in [0.2, 0.25) is 5.75 Å². The molecule has 1 aromatic carbocycles. The van der Waals surface area contributed by atoms with E-state index in [1.54, 1.807) is 21.3 Å². The molecule has 2 atom stereocenters. The average molecular weight is 477 g/mol. The number of ether oxygens (including phenoxy) is 4. The first-order valence-corrected chi connectivity index (χ1v) is 11.7. The number of aromatic nitrogens is 3. The van der Waals surface area contributed by atoms with Crippen molar-refractivity contribution in [2.24, 2.45) is 5.92 Å². The monoisotopic (exact) mass is 476 g/mol. The largest absolute Gasteiger partial charge is 0.493 e. The second-order valence-electron chi connectivity index (χ2n) is 7.80. The number of methoxy groups -OCH3 is 3. The summed E-state index contributed by atoms with van der Waals surface area (Å²) in [5, 5.41) is 4.20. The smallest absolute Gasteiger partial charge is 0.309 e. The first-order chi connectivity index (χ1) is 16.0. The summed E-state index contributed by atoms with van der Waals surface area (Å²) in [5.74, 6) is 1.11. The highest BCUT2D eigenvalue weighted by molar-refractivity contribution is 8.00. The highest BCUT2D eigenvalue weighted by Gasteiger charge is 2.44. The number of benzene rings is 1. The predicted molar refractivity (Wildman–Crippen MR) is 120 cm³/mol. The van der Waals surface area contributed by atoms with E-state index in [2.05, 4.69) is 15.0 Å². The van der Waals surface area contributed by atoms with Crippen molar-refractivity contribution in [1.29, 1.82) is 0 Å². The Kier molecular flexibility index (Phi) is 7.08. The molecule has 0 aliphatic carbocycles. The van der Waals surface area contributed by atoms with Crippen molar-refractivity contribution in [3.63, 3.8) is 0 Å². The van der Waals surface area contributed by atoms with Crippen molar-refractivity contribution in [2.75, 3.05) is 41.0 Å². The van der Waals surface area contributed by atoms with E-state index in [0.717, 1.165) is 5.56 Å². The molecule has 1 aromatic heterocycles. The average Bonchev–Trinajstić information content (AvgIpc) is 3.42. The van der Waals surface area contributed by atoms with Gasteiger partial charge in [0, 0.05) is 0 Å². The quantitative estimate of drug-likeness (QED) is 0.528. The second-order valence-corrected chi connectivity index (χ2v) is 8.91. The maximum absolute atomic E-state index is 13.3. The third-order valence-corrected chi connectivity index (χ3v) is 7.26. The Hall–Kier alpha value is -2.79. The van der Waals surface area contributed by atoms with E-state index in [-0.39, 0.29) is 23.8 Å². The van der Waals surface area contributed by atoms with Gasteiger partial charge in [-0.25, -0.2) is 4.98 Å². The Bertz CT molecular complexity index is 995. The molecule has 1 fully saturated rings. The molecule has 2 aliphatic rings. The molecule has 11 heteroatoms. The number of carbonyl (C=O) groups excluding carboxylic acids is 2. The Morgan fingerprint density at radius 2 is 1.82 bits per heavy atom. The van der Waals surface area contributed by atoms with Crippen LogP contribution in [0.1, 0.15) is 36.2 Å². The van der Waals surface area contributed by atoms with Crippen molar-refractivity contribution >= 4 is 23.6 Å². The van der Waals surface area contributed by atoms with Gasteiger partial charge in [-0.1, -0.05) is 11.8 Å². The van der Waals surface area contributed by atoms with Crippen LogP contribution in [0.3, 0.4) is 0 Å². The van der Waals surface area contributed by atoms with E-state index >= 15 is 0 Å². The highest BCUT2D eigenvalue weighted by atomic mass is 32.2. The molecule has 4 rings (SSSR count). The third kappa shape index (κ3) is 4.39. The molecule has 2 aliphatic heterocycles. The molecular weight excluding hydrogens is 448 g/mol. The van der Waals surface area contributed by atoms with Gasteiger partial charge in [-0.3, -0.25) is 14.5 Å². The molecule has 0 bridgehead atoms. The van der Waals surface area contributed by atoms with E-state index in [0.29, 0.717) is 54.9 Å². The zero-order valence-electron chi connectivity index (χ0n) is 19.1. The first kappa shape index (κ1) is 23.4. The van der Waals surface area contributed by atoms with Crippen LogP contribution in [-0.2, 0) is 9.53 Å². The first-order valence-electron chi connectivity index (χ1n) is 10.8. The molecule has 0 N–H and O–H groups in total. The lowest BCUT2D eigenvalue weighted by Gasteiger charge is -2.39. The lowest BCUT2D eigenvalue weighted by molar-refractivity contribution is -0.149. The fraction of sp³-hybridized carbons (Fsp3) is 0.545. The summed E-state index contributed by atoms with van der Waals surface area (Å²) < 4.78 is 23.2. The fourth-order valence-corrected chi connectivity index (χ4v) is 5.70. The van der Waals surface area contributed by atoms with Crippen LogP contribution in [0.2, 0.25) is 0 Å². The topological polar surface area (TPSA) is 105 Å². The van der Waals surface area contributed by atoms with E-state index in [4.69, 9.17) is 18.9 Å². The molecule has 2 unspecified atom stereocenters. The Balaban J connectivity index is 1.69. The second kappa shape index (κ2) is 10.0. The molecule has 33 heavy (non-hydrogen) atoms. The molecule has 178 valence electrons. The number of esters is 1. The summed E-state index contributed by atoms with van der Waals surface area (Å²) in [5.41, 5.74) is 0.857. The number of hydrogen-bond acceptors (Lipinski definition) is 10. The SMILES string of the molecule is CCOC(=O)C1CCN(C(c2cc(OC)c(OC)c(OC)c2)C2Sc3ncnn3C2=O)CC1. The number of fused-ring (bicyclic) bond motifs is 1. The minimum Gasteiger partial charge on any atom is -0.493 e. The molecule has 0 radical (unpaired) electrons. The number of nitrogens with zero attached hydrogens (tertiary/aromatic N) is 4. The Morgan fingerprint density at radius 3 is 2.36 bits per heavy atom. The van der Waals surface area contributed by atoms with Gasteiger partial charge in [0.25, 0.3) is 5.91 Å². The minimum atomic E-state index is -0.455. The zero-order chi connectivity index (χ0) is 23.5. The molecular formula is C22H28N4O6S. The number of hydrogen-bond donors (Lipinski definition) is 0. The van der Waals surface area contributed by atoms with Crippen molar-refractivity contribution in [3.8, 4) is 17.2 Å². The summed E-state index contributed by atoms with van der Waals surface area (Å²) in [7, 11) is 4.69. The number of piperidine rings is 1. The van der Waals surface area contributed by atoms with Gasteiger partial charge in [-0.05, 0) is 50.6 Å². The van der Waals surface area contributed by atoms with Crippen molar-refractivity contribution < 1.29 is 28.5 Å². The number of rotatable bonds is 8. The third-order valence-electron chi connectivity index (χ3n) is 6.06. The van der Waals surface area contributed by atoms with Gasteiger partial charge < -0.3 is 18.9 Å². The highest BCUT2D eigenvalue weighted by Crippen LogP contribution is 2.46. The number of carbonyl (C=O) groups is 2. The summed E-state index contributed by atoms with van der Waals surface area (Å²) in [6.45, 7) is 3.47. The fourth-order valence-electron chi connectivity index (χ4n) is 4.47. The maximum Gasteiger partial charge on any atom is 0.309 e. The van der Waals surface area contributed by atoms with Crippen molar-refractivity contribution in [2.45, 2.75) is 36.2 Å². The molecule has 2 aromatic rings. The standard InChI is InChI=1S/C22H28N4O6S/c1-5-32-21(28)13-6-8-25(9-7-13)17(19-20(27)26-22(33-19)23-12-24-26)14-10-15(29-2)18(31-4)16(11-14)30-3/h10-13,17,19H,5-9H2,1-4H3. The van der Waals surface area contributed by atoms with Crippen LogP contribution in [0.5, 0.6) is 17.2 Å². The van der Waals surface area contributed by atoms with Crippen LogP contribution in [0.15, 0.2) is 23.6 Å². The van der Waals surface area contributed by atoms with Crippen LogP contribution in [0.25, 0.3) is 0 Å². The zero-order valence-corrected chi connectivity index (χ0v) is 20.0. The molecule has 3 heterocycles.